The third kappa shape index (κ3) is 3.03. The summed E-state index contributed by atoms with van der Waals surface area (Å²) in [6, 6.07) is 9.91. The summed E-state index contributed by atoms with van der Waals surface area (Å²) >= 11 is 12.3. The van der Waals surface area contributed by atoms with Crippen LogP contribution < -0.4 is 5.04 Å². The molecule has 112 valence electrons. The van der Waals surface area contributed by atoms with Crippen LogP contribution in [0.1, 0.15) is 18.1 Å². The minimum atomic E-state index is 0.221. The van der Waals surface area contributed by atoms with Crippen LogP contribution in [0.5, 0.6) is 5.48 Å². The van der Waals surface area contributed by atoms with Crippen LogP contribution in [0.4, 0.5) is 0 Å². The van der Waals surface area contributed by atoms with Crippen molar-refractivity contribution in [2.24, 2.45) is 4.76 Å². The summed E-state index contributed by atoms with van der Waals surface area (Å²) in [5.74, 6) is 0. The molecule has 0 amide bonds. The van der Waals surface area contributed by atoms with Crippen LogP contribution in [0.2, 0.25) is 5.02 Å². The molecule has 1 aliphatic carbocycles. The lowest BCUT2D eigenvalue weighted by Gasteiger charge is -2.18. The van der Waals surface area contributed by atoms with E-state index in [0.717, 1.165) is 27.4 Å². The maximum atomic E-state index is 9.59. The van der Waals surface area contributed by atoms with Gasteiger partial charge in [0.15, 0.2) is 0 Å². The molecule has 1 aromatic carbocycles. The third-order valence-electron chi connectivity index (χ3n) is 3.35. The van der Waals surface area contributed by atoms with Gasteiger partial charge in [0.2, 0.25) is 0 Å². The van der Waals surface area contributed by atoms with Gasteiger partial charge in [-0.15, -0.1) is 0 Å². The van der Waals surface area contributed by atoms with E-state index in [1.165, 1.54) is 0 Å². The zero-order valence-electron chi connectivity index (χ0n) is 11.7. The van der Waals surface area contributed by atoms with Crippen molar-refractivity contribution in [1.29, 1.82) is 0 Å². The third-order valence-corrected chi connectivity index (χ3v) is 6.48. The molecule has 1 N–H and O–H groups in total. The van der Waals surface area contributed by atoms with Crippen molar-refractivity contribution in [2.75, 3.05) is 0 Å². The Morgan fingerprint density at radius 3 is 2.59 bits per heavy atom. The van der Waals surface area contributed by atoms with Gasteiger partial charge in [-0.05, 0) is 30.2 Å². The molecular formula is C16H13Cl2NOP2. The average Bonchev–Trinajstić information content (AvgIpc) is 2.83. The number of benzene rings is 1. The second-order valence-electron chi connectivity index (χ2n) is 4.73. The van der Waals surface area contributed by atoms with Crippen LogP contribution in [-0.4, -0.2) is 10.8 Å². The molecule has 0 spiro atoms. The molecule has 2 aromatic rings. The van der Waals surface area contributed by atoms with E-state index in [1.807, 2.05) is 31.2 Å². The fraction of sp³-hybridized carbons (Fsp3) is 0.0625. The predicted molar refractivity (Wildman–Crippen MR) is 101 cm³/mol. The second-order valence-corrected chi connectivity index (χ2v) is 8.29. The summed E-state index contributed by atoms with van der Waals surface area (Å²) in [4.78, 5) is 0. The number of fused-ring (bicyclic) bond motifs is 1. The lowest BCUT2D eigenvalue weighted by Crippen LogP contribution is -2.07. The van der Waals surface area contributed by atoms with Gasteiger partial charge in [0.05, 0.1) is 15.8 Å². The van der Waals surface area contributed by atoms with Gasteiger partial charge in [-0.2, -0.15) is 0 Å². The topological polar surface area (TPSA) is 32.6 Å². The molecule has 0 bridgehead atoms. The fourth-order valence-corrected chi connectivity index (χ4v) is 5.12. The summed E-state index contributed by atoms with van der Waals surface area (Å²) in [5.41, 5.74) is 4.33. The zero-order chi connectivity index (χ0) is 15.7. The first kappa shape index (κ1) is 15.8. The maximum Gasteiger partial charge on any atom is 0.150 e. The molecule has 3 rings (SSSR count). The number of halogens is 2. The van der Waals surface area contributed by atoms with E-state index < -0.39 is 0 Å². The van der Waals surface area contributed by atoms with Crippen molar-refractivity contribution in [3.05, 3.63) is 63.7 Å². The van der Waals surface area contributed by atoms with E-state index in [1.54, 1.807) is 6.07 Å². The van der Waals surface area contributed by atoms with Gasteiger partial charge >= 0.3 is 0 Å². The van der Waals surface area contributed by atoms with Crippen molar-refractivity contribution in [3.63, 3.8) is 0 Å². The fourth-order valence-electron chi connectivity index (χ4n) is 2.33. The SMILES string of the molecule is C/C=C1C(Cl)=C/C(=N\Pc2cc(Cl)c(O)[pH]2)c2ccccc2/1. The van der Waals surface area contributed by atoms with Gasteiger partial charge < -0.3 is 5.11 Å². The van der Waals surface area contributed by atoms with Gasteiger partial charge in [0.25, 0.3) is 0 Å². The average molecular weight is 368 g/mol. The molecule has 0 saturated carbocycles. The van der Waals surface area contributed by atoms with Gasteiger partial charge in [0.1, 0.15) is 5.48 Å². The Kier molecular flexibility index (Phi) is 4.76. The Morgan fingerprint density at radius 2 is 1.95 bits per heavy atom. The molecule has 1 heterocycles. The van der Waals surface area contributed by atoms with E-state index in [9.17, 15) is 5.11 Å². The van der Waals surface area contributed by atoms with Crippen LogP contribution in [0, 0.1) is 0 Å². The molecule has 2 atom stereocenters. The van der Waals surface area contributed by atoms with Crippen molar-refractivity contribution in [3.8, 4) is 5.48 Å². The smallest absolute Gasteiger partial charge is 0.150 e. The van der Waals surface area contributed by atoms with Gasteiger partial charge in [-0.1, -0.05) is 61.7 Å². The highest BCUT2D eigenvalue weighted by Gasteiger charge is 2.19. The van der Waals surface area contributed by atoms with Crippen molar-refractivity contribution in [1.82, 2.24) is 0 Å². The molecule has 0 aliphatic heterocycles. The monoisotopic (exact) mass is 367 g/mol. The lowest BCUT2D eigenvalue weighted by molar-refractivity contribution is 0.491. The highest BCUT2D eigenvalue weighted by atomic mass is 35.5. The van der Waals surface area contributed by atoms with Gasteiger partial charge in [-0.25, -0.2) is 0 Å². The molecule has 2 nitrogen and oxygen atoms in total. The molecular weight excluding hydrogens is 355 g/mol. The summed E-state index contributed by atoms with van der Waals surface area (Å²) in [6.07, 6.45) is 3.92. The van der Waals surface area contributed by atoms with Crippen LogP contribution >= 0.6 is 40.1 Å². The standard InChI is InChI=1S/C16H13Cl2NOP2/c1-2-9-10-5-3-4-6-11(10)14(7-12(9)17)19-22-15-8-13(18)16(20)21-15/h2-8,20-22H,1H3/b9-2+,19-14+. The Bertz CT molecular complexity index is 802. The number of nitrogens with zero attached hydrogens (tertiary/aromatic N) is 1. The molecule has 22 heavy (non-hydrogen) atoms. The zero-order valence-corrected chi connectivity index (χ0v) is 15.2. The Morgan fingerprint density at radius 1 is 1.23 bits per heavy atom. The Labute approximate surface area is 142 Å². The molecule has 0 fully saturated rings. The maximum absolute atomic E-state index is 9.59. The van der Waals surface area contributed by atoms with Crippen molar-refractivity contribution >= 4 is 56.4 Å². The Hall–Kier alpha value is -1.04. The van der Waals surface area contributed by atoms with E-state index >= 15 is 0 Å². The van der Waals surface area contributed by atoms with Crippen LogP contribution in [0.3, 0.4) is 0 Å². The molecule has 2 unspecified atom stereocenters. The summed E-state index contributed by atoms with van der Waals surface area (Å²) in [6.45, 7) is 1.98. The van der Waals surface area contributed by atoms with E-state index in [4.69, 9.17) is 28.0 Å². The summed E-state index contributed by atoms with van der Waals surface area (Å²) < 4.78 is 4.69. The molecule has 1 aliphatic rings. The molecule has 1 aromatic heterocycles. The number of rotatable bonds is 2. The van der Waals surface area contributed by atoms with Crippen molar-refractivity contribution < 1.29 is 5.11 Å². The molecule has 6 heteroatoms. The second kappa shape index (κ2) is 6.60. The minimum absolute atomic E-state index is 0.221. The predicted octanol–water partition coefficient (Wildman–Crippen LogP) is 5.32. The highest BCUT2D eigenvalue weighted by Crippen LogP contribution is 2.38. The largest absolute Gasteiger partial charge is 0.503 e. The van der Waals surface area contributed by atoms with Crippen LogP contribution in [0.15, 0.2) is 52.3 Å². The number of allylic oxidation sites excluding steroid dienone is 4. The first-order valence-electron chi connectivity index (χ1n) is 6.65. The van der Waals surface area contributed by atoms with E-state index in [-0.39, 0.29) is 22.4 Å². The summed E-state index contributed by atoms with van der Waals surface area (Å²) in [7, 11) is 0.457. The van der Waals surface area contributed by atoms with Crippen molar-refractivity contribution in [2.45, 2.75) is 6.92 Å². The van der Waals surface area contributed by atoms with Gasteiger partial charge in [0, 0.05) is 19.3 Å². The molecule has 0 saturated heterocycles. The Balaban J connectivity index is 2.00. The minimum Gasteiger partial charge on any atom is -0.503 e. The first-order valence-corrected chi connectivity index (χ1v) is 9.35. The van der Waals surface area contributed by atoms with Gasteiger partial charge in [-0.3, -0.25) is 4.76 Å². The van der Waals surface area contributed by atoms with Crippen LogP contribution in [0.25, 0.3) is 5.57 Å². The number of hydrogen-bond donors (Lipinski definition) is 1. The first-order chi connectivity index (χ1) is 10.6. The molecule has 0 radical (unpaired) electrons. The number of hydrogen-bond acceptors (Lipinski definition) is 2. The summed E-state index contributed by atoms with van der Waals surface area (Å²) in [5, 5.41) is 11.8. The normalized spacial score (nSPS) is 18.6. The number of aromatic hydroxyl groups is 1. The highest BCUT2D eigenvalue weighted by molar-refractivity contribution is 7.62. The quantitative estimate of drug-likeness (QED) is 0.715. The lowest BCUT2D eigenvalue weighted by atomic mass is 9.91. The van der Waals surface area contributed by atoms with Crippen LogP contribution in [-0.2, 0) is 0 Å². The van der Waals surface area contributed by atoms with E-state index in [0.29, 0.717) is 10.1 Å². The van der Waals surface area contributed by atoms with E-state index in [2.05, 4.69) is 12.1 Å².